The van der Waals surface area contributed by atoms with E-state index >= 15 is 0 Å². The second kappa shape index (κ2) is 4.18. The van der Waals surface area contributed by atoms with E-state index in [1.807, 2.05) is 0 Å². The summed E-state index contributed by atoms with van der Waals surface area (Å²) in [4.78, 5) is 0. The molecule has 2 rings (SSSR count). The van der Waals surface area contributed by atoms with Crippen LogP contribution in [0.15, 0.2) is 24.4 Å². The van der Waals surface area contributed by atoms with E-state index in [9.17, 15) is 0 Å². The van der Waals surface area contributed by atoms with E-state index in [1.165, 1.54) is 10.9 Å². The van der Waals surface area contributed by atoms with Crippen LogP contribution in [0.1, 0.15) is 5.69 Å². The van der Waals surface area contributed by atoms with Gasteiger partial charge in [0.1, 0.15) is 0 Å². The summed E-state index contributed by atoms with van der Waals surface area (Å²) in [5.41, 5.74) is 1.16. The lowest BCUT2D eigenvalue weighted by Crippen LogP contribution is -2.02. The second-order valence-electron chi connectivity index (χ2n) is 2.89. The molecule has 0 amide bonds. The number of nitrogens with zero attached hydrogens (tertiary/aromatic N) is 3. The Balaban J connectivity index is 2.58. The van der Waals surface area contributed by atoms with Gasteiger partial charge in [0.05, 0.1) is 29.2 Å². The minimum absolute atomic E-state index is 0.157. The highest BCUT2D eigenvalue weighted by molar-refractivity contribution is 6.34. The van der Waals surface area contributed by atoms with Gasteiger partial charge in [0, 0.05) is 5.02 Å². The number of hydrogen-bond donors (Lipinski definition) is 1. The van der Waals surface area contributed by atoms with Crippen molar-refractivity contribution in [3.8, 4) is 5.69 Å². The first kappa shape index (κ1) is 10.4. The molecule has 0 bridgehead atoms. The van der Waals surface area contributed by atoms with Gasteiger partial charge < -0.3 is 5.11 Å². The molecule has 0 radical (unpaired) electrons. The van der Waals surface area contributed by atoms with Crippen molar-refractivity contribution in [3.05, 3.63) is 40.1 Å². The summed E-state index contributed by atoms with van der Waals surface area (Å²) in [6.45, 7) is -0.157. The SMILES string of the molecule is OCc1cnnn1-c1cc(Cl)ccc1Cl. The Kier molecular flexibility index (Phi) is 2.90. The van der Waals surface area contributed by atoms with Gasteiger partial charge in [-0.05, 0) is 18.2 Å². The Morgan fingerprint density at radius 3 is 2.87 bits per heavy atom. The third-order valence-corrected chi connectivity index (χ3v) is 2.47. The maximum absolute atomic E-state index is 9.05. The van der Waals surface area contributed by atoms with Crippen molar-refractivity contribution in [1.29, 1.82) is 0 Å². The molecule has 4 nitrogen and oxygen atoms in total. The molecule has 1 aromatic carbocycles. The van der Waals surface area contributed by atoms with Crippen LogP contribution in [0.5, 0.6) is 0 Å². The molecule has 0 atom stereocenters. The first-order valence-corrected chi connectivity index (χ1v) is 4.94. The van der Waals surface area contributed by atoms with E-state index in [0.29, 0.717) is 21.4 Å². The molecule has 0 saturated carbocycles. The lowest BCUT2D eigenvalue weighted by molar-refractivity contribution is 0.273. The van der Waals surface area contributed by atoms with Gasteiger partial charge in [-0.3, -0.25) is 0 Å². The van der Waals surface area contributed by atoms with E-state index in [-0.39, 0.29) is 6.61 Å². The van der Waals surface area contributed by atoms with Gasteiger partial charge in [-0.25, -0.2) is 4.68 Å². The quantitative estimate of drug-likeness (QED) is 0.879. The summed E-state index contributed by atoms with van der Waals surface area (Å²) in [6.07, 6.45) is 1.47. The van der Waals surface area contributed by atoms with E-state index in [0.717, 1.165) is 0 Å². The zero-order valence-electron chi connectivity index (χ0n) is 7.56. The van der Waals surface area contributed by atoms with Crippen molar-refractivity contribution >= 4 is 23.2 Å². The summed E-state index contributed by atoms with van der Waals surface area (Å²) >= 11 is 11.8. The molecule has 6 heteroatoms. The number of halogens is 2. The monoisotopic (exact) mass is 243 g/mol. The van der Waals surface area contributed by atoms with Crippen LogP contribution in [0.25, 0.3) is 5.69 Å². The molecule has 0 fully saturated rings. The van der Waals surface area contributed by atoms with Gasteiger partial charge in [0.25, 0.3) is 0 Å². The normalized spacial score (nSPS) is 10.6. The Bertz CT molecular complexity index is 484. The molecule has 2 aromatic rings. The topological polar surface area (TPSA) is 50.9 Å². The number of aliphatic hydroxyl groups excluding tert-OH is 1. The lowest BCUT2D eigenvalue weighted by atomic mass is 10.3. The van der Waals surface area contributed by atoms with Crippen LogP contribution < -0.4 is 0 Å². The first-order chi connectivity index (χ1) is 7.22. The van der Waals surface area contributed by atoms with Gasteiger partial charge in [-0.2, -0.15) is 0 Å². The van der Waals surface area contributed by atoms with Gasteiger partial charge in [-0.1, -0.05) is 28.4 Å². The predicted octanol–water partition coefficient (Wildman–Crippen LogP) is 2.07. The third kappa shape index (κ3) is 1.97. The van der Waals surface area contributed by atoms with Gasteiger partial charge in [0.2, 0.25) is 0 Å². The van der Waals surface area contributed by atoms with Crippen LogP contribution in [-0.2, 0) is 6.61 Å². The number of aromatic nitrogens is 3. The van der Waals surface area contributed by atoms with Crippen LogP contribution in [-0.4, -0.2) is 20.1 Å². The number of benzene rings is 1. The number of rotatable bonds is 2. The van der Waals surface area contributed by atoms with Crippen LogP contribution in [0.2, 0.25) is 10.0 Å². The molecule has 1 heterocycles. The highest BCUT2D eigenvalue weighted by Crippen LogP contribution is 2.24. The van der Waals surface area contributed by atoms with E-state index in [2.05, 4.69) is 10.3 Å². The van der Waals surface area contributed by atoms with Crippen LogP contribution in [0.4, 0.5) is 0 Å². The summed E-state index contributed by atoms with van der Waals surface area (Å²) in [7, 11) is 0. The molecule has 0 aliphatic rings. The smallest absolute Gasteiger partial charge is 0.0900 e. The highest BCUT2D eigenvalue weighted by atomic mass is 35.5. The van der Waals surface area contributed by atoms with E-state index in [1.54, 1.807) is 18.2 Å². The third-order valence-electron chi connectivity index (χ3n) is 1.92. The molecule has 15 heavy (non-hydrogen) atoms. The lowest BCUT2D eigenvalue weighted by Gasteiger charge is -2.06. The van der Waals surface area contributed by atoms with Crippen molar-refractivity contribution in [2.24, 2.45) is 0 Å². The summed E-state index contributed by atoms with van der Waals surface area (Å²) in [6, 6.07) is 5.02. The van der Waals surface area contributed by atoms with Crippen LogP contribution in [0.3, 0.4) is 0 Å². The largest absolute Gasteiger partial charge is 0.390 e. The van der Waals surface area contributed by atoms with Crippen molar-refractivity contribution in [2.45, 2.75) is 6.61 Å². The Labute approximate surface area is 96.0 Å². The first-order valence-electron chi connectivity index (χ1n) is 4.18. The minimum Gasteiger partial charge on any atom is -0.390 e. The van der Waals surface area contributed by atoms with Crippen molar-refractivity contribution in [3.63, 3.8) is 0 Å². The molecular formula is C9H7Cl2N3O. The van der Waals surface area contributed by atoms with E-state index in [4.69, 9.17) is 28.3 Å². The average molecular weight is 244 g/mol. The average Bonchev–Trinajstić information content (AvgIpc) is 2.69. The van der Waals surface area contributed by atoms with Gasteiger partial charge >= 0.3 is 0 Å². The van der Waals surface area contributed by atoms with Crippen molar-refractivity contribution in [1.82, 2.24) is 15.0 Å². The molecular weight excluding hydrogens is 237 g/mol. The standard InChI is InChI=1S/C9H7Cl2N3O/c10-6-1-2-8(11)9(3-6)14-7(5-15)4-12-13-14/h1-4,15H,5H2. The molecule has 0 aliphatic carbocycles. The predicted molar refractivity (Wildman–Crippen MR) is 57.3 cm³/mol. The fourth-order valence-corrected chi connectivity index (χ4v) is 1.58. The maximum atomic E-state index is 9.05. The zero-order valence-corrected chi connectivity index (χ0v) is 9.07. The van der Waals surface area contributed by atoms with E-state index < -0.39 is 0 Å². The molecule has 1 aromatic heterocycles. The molecule has 1 N–H and O–H groups in total. The fraction of sp³-hybridized carbons (Fsp3) is 0.111. The molecule has 0 spiro atoms. The highest BCUT2D eigenvalue weighted by Gasteiger charge is 2.09. The van der Waals surface area contributed by atoms with Crippen molar-refractivity contribution in [2.75, 3.05) is 0 Å². The minimum atomic E-state index is -0.157. The van der Waals surface area contributed by atoms with Crippen molar-refractivity contribution < 1.29 is 5.11 Å². The molecule has 0 aliphatic heterocycles. The Morgan fingerprint density at radius 1 is 1.33 bits per heavy atom. The number of aliphatic hydroxyl groups is 1. The van der Waals surface area contributed by atoms with Crippen LogP contribution >= 0.6 is 23.2 Å². The molecule has 0 saturated heterocycles. The van der Waals surface area contributed by atoms with Crippen LogP contribution in [0, 0.1) is 0 Å². The zero-order chi connectivity index (χ0) is 10.8. The summed E-state index contributed by atoms with van der Waals surface area (Å²) in [5.74, 6) is 0. The second-order valence-corrected chi connectivity index (χ2v) is 3.73. The fourth-order valence-electron chi connectivity index (χ4n) is 1.22. The van der Waals surface area contributed by atoms with Gasteiger partial charge in [0.15, 0.2) is 0 Å². The Morgan fingerprint density at radius 2 is 2.13 bits per heavy atom. The summed E-state index contributed by atoms with van der Waals surface area (Å²) < 4.78 is 1.45. The van der Waals surface area contributed by atoms with Gasteiger partial charge in [-0.15, -0.1) is 5.10 Å². The molecule has 78 valence electrons. The number of hydrogen-bond acceptors (Lipinski definition) is 3. The molecule has 0 unspecified atom stereocenters. The Hall–Kier alpha value is -1.10. The summed E-state index contributed by atoms with van der Waals surface area (Å²) in [5, 5.41) is 17.6. The maximum Gasteiger partial charge on any atom is 0.0900 e.